The molecule has 9 heteroatoms. The lowest BCUT2D eigenvalue weighted by atomic mass is 10.1. The lowest BCUT2D eigenvalue weighted by molar-refractivity contribution is -0.118. The second-order valence-corrected chi connectivity index (χ2v) is 6.67. The monoisotopic (exact) mass is 397 g/mol. The third-order valence-electron chi connectivity index (χ3n) is 4.18. The zero-order chi connectivity index (χ0) is 19.5. The third-order valence-corrected chi connectivity index (χ3v) is 4.41. The number of hydrogen-bond donors (Lipinski definition) is 3. The van der Waals surface area contributed by atoms with Gasteiger partial charge in [0.15, 0.2) is 0 Å². The third kappa shape index (κ3) is 3.96. The largest absolute Gasteiger partial charge is 0.489 e. The van der Waals surface area contributed by atoms with Crippen molar-refractivity contribution in [2.75, 3.05) is 11.9 Å². The summed E-state index contributed by atoms with van der Waals surface area (Å²) in [5, 5.41) is 12.5. The number of nitrogens with one attached hydrogen (secondary N) is 3. The Morgan fingerprint density at radius 3 is 2.89 bits per heavy atom. The van der Waals surface area contributed by atoms with E-state index in [1.807, 2.05) is 30.3 Å². The van der Waals surface area contributed by atoms with Gasteiger partial charge in [0.1, 0.15) is 24.2 Å². The Kier molecular flexibility index (Phi) is 4.94. The van der Waals surface area contributed by atoms with Gasteiger partial charge in [-0.25, -0.2) is 4.98 Å². The SMILES string of the molecule is O=C(N[C@H]1COc2cc(Cl)ccc2NC1=O)c1n[nH]c(Cc2ccccc2)n1. The number of ether oxygens (including phenoxy) is 1. The van der Waals surface area contributed by atoms with Crippen molar-refractivity contribution in [3.8, 4) is 5.75 Å². The van der Waals surface area contributed by atoms with Crippen LogP contribution in [0.2, 0.25) is 5.02 Å². The van der Waals surface area contributed by atoms with Gasteiger partial charge in [-0.05, 0) is 17.7 Å². The molecule has 3 aromatic rings. The molecule has 0 bridgehead atoms. The van der Waals surface area contributed by atoms with Gasteiger partial charge in [-0.1, -0.05) is 41.9 Å². The molecule has 1 aromatic heterocycles. The number of benzene rings is 2. The molecule has 1 aliphatic rings. The summed E-state index contributed by atoms with van der Waals surface area (Å²) in [6, 6.07) is 13.7. The smallest absolute Gasteiger partial charge is 0.291 e. The van der Waals surface area contributed by atoms with E-state index < -0.39 is 17.9 Å². The summed E-state index contributed by atoms with van der Waals surface area (Å²) < 4.78 is 5.60. The van der Waals surface area contributed by atoms with E-state index in [9.17, 15) is 9.59 Å². The van der Waals surface area contributed by atoms with E-state index in [0.29, 0.717) is 28.7 Å². The van der Waals surface area contributed by atoms with E-state index in [2.05, 4.69) is 25.8 Å². The highest BCUT2D eigenvalue weighted by atomic mass is 35.5. The number of fused-ring (bicyclic) bond motifs is 1. The molecule has 3 N–H and O–H groups in total. The Morgan fingerprint density at radius 1 is 1.25 bits per heavy atom. The first-order chi connectivity index (χ1) is 13.6. The van der Waals surface area contributed by atoms with Crippen LogP contribution >= 0.6 is 11.6 Å². The van der Waals surface area contributed by atoms with Crippen LogP contribution in [0.3, 0.4) is 0 Å². The summed E-state index contributed by atoms with van der Waals surface area (Å²) in [6.07, 6.45) is 0.518. The minimum Gasteiger partial charge on any atom is -0.489 e. The Balaban J connectivity index is 1.42. The van der Waals surface area contributed by atoms with Crippen LogP contribution in [-0.4, -0.2) is 39.6 Å². The van der Waals surface area contributed by atoms with E-state index in [4.69, 9.17) is 16.3 Å². The second kappa shape index (κ2) is 7.69. The maximum Gasteiger partial charge on any atom is 0.291 e. The molecule has 142 valence electrons. The number of halogens is 1. The molecule has 8 nitrogen and oxygen atoms in total. The van der Waals surface area contributed by atoms with Gasteiger partial charge in [-0.3, -0.25) is 14.7 Å². The van der Waals surface area contributed by atoms with E-state index in [1.54, 1.807) is 18.2 Å². The van der Waals surface area contributed by atoms with Crippen molar-refractivity contribution >= 4 is 29.1 Å². The molecular formula is C19H16ClN5O3. The number of hydrogen-bond acceptors (Lipinski definition) is 5. The lowest BCUT2D eigenvalue weighted by Gasteiger charge is -2.13. The van der Waals surface area contributed by atoms with Crippen molar-refractivity contribution in [3.63, 3.8) is 0 Å². The molecule has 2 heterocycles. The van der Waals surface area contributed by atoms with Gasteiger partial charge in [0.05, 0.1) is 5.69 Å². The number of rotatable bonds is 4. The average molecular weight is 398 g/mol. The topological polar surface area (TPSA) is 109 Å². The van der Waals surface area contributed by atoms with E-state index in [-0.39, 0.29) is 12.4 Å². The maximum atomic E-state index is 12.5. The molecule has 0 aliphatic carbocycles. The average Bonchev–Trinajstić information content (AvgIpc) is 3.10. The Labute approximate surface area is 165 Å². The molecular weight excluding hydrogens is 382 g/mol. The van der Waals surface area contributed by atoms with E-state index >= 15 is 0 Å². The first-order valence-corrected chi connectivity index (χ1v) is 8.95. The van der Waals surface area contributed by atoms with Gasteiger partial charge in [0, 0.05) is 17.5 Å². The highest BCUT2D eigenvalue weighted by molar-refractivity contribution is 6.30. The number of aromatic amines is 1. The molecule has 28 heavy (non-hydrogen) atoms. The van der Waals surface area contributed by atoms with Gasteiger partial charge in [-0.15, -0.1) is 5.10 Å². The number of aromatic nitrogens is 3. The molecule has 0 saturated carbocycles. The summed E-state index contributed by atoms with van der Waals surface area (Å²) in [5.74, 6) is 0.00177. The maximum absolute atomic E-state index is 12.5. The van der Waals surface area contributed by atoms with Crippen molar-refractivity contribution < 1.29 is 14.3 Å². The highest BCUT2D eigenvalue weighted by Gasteiger charge is 2.28. The van der Waals surface area contributed by atoms with Crippen LogP contribution in [-0.2, 0) is 11.2 Å². The number of carbonyl (C=O) groups is 2. The molecule has 0 unspecified atom stereocenters. The van der Waals surface area contributed by atoms with Gasteiger partial charge < -0.3 is 15.4 Å². The number of nitrogens with zero attached hydrogens (tertiary/aromatic N) is 2. The van der Waals surface area contributed by atoms with Crippen molar-refractivity contribution in [2.45, 2.75) is 12.5 Å². The van der Waals surface area contributed by atoms with E-state index in [0.717, 1.165) is 5.56 Å². The summed E-state index contributed by atoms with van der Waals surface area (Å²) in [7, 11) is 0. The minimum absolute atomic E-state index is 0.0355. The van der Waals surface area contributed by atoms with Crippen LogP contribution in [0.1, 0.15) is 22.0 Å². The van der Waals surface area contributed by atoms with Crippen molar-refractivity contribution in [3.05, 3.63) is 70.8 Å². The molecule has 0 saturated heterocycles. The Hall–Kier alpha value is -3.39. The number of H-pyrrole nitrogens is 1. The van der Waals surface area contributed by atoms with Crippen LogP contribution in [0.5, 0.6) is 5.75 Å². The first kappa shape index (κ1) is 18.0. The summed E-state index contributed by atoms with van der Waals surface area (Å²) >= 11 is 5.94. The fraction of sp³-hybridized carbons (Fsp3) is 0.158. The predicted molar refractivity (Wildman–Crippen MR) is 102 cm³/mol. The van der Waals surface area contributed by atoms with Crippen LogP contribution in [0.15, 0.2) is 48.5 Å². The second-order valence-electron chi connectivity index (χ2n) is 6.23. The predicted octanol–water partition coefficient (Wildman–Crippen LogP) is 2.18. The van der Waals surface area contributed by atoms with Crippen molar-refractivity contribution in [1.82, 2.24) is 20.5 Å². The molecule has 1 atom stereocenters. The summed E-state index contributed by atoms with van der Waals surface area (Å²) in [6.45, 7) is -0.0355. The number of amides is 2. The minimum atomic E-state index is -0.894. The molecule has 1 aliphatic heterocycles. The first-order valence-electron chi connectivity index (χ1n) is 8.58. The van der Waals surface area contributed by atoms with Crippen molar-refractivity contribution in [2.24, 2.45) is 0 Å². The van der Waals surface area contributed by atoms with Crippen molar-refractivity contribution in [1.29, 1.82) is 0 Å². The molecule has 2 amide bonds. The fourth-order valence-corrected chi connectivity index (χ4v) is 2.94. The van der Waals surface area contributed by atoms with Crippen LogP contribution in [0, 0.1) is 0 Å². The van der Waals surface area contributed by atoms with Gasteiger partial charge >= 0.3 is 0 Å². The molecule has 0 fully saturated rings. The quantitative estimate of drug-likeness (QED) is 0.625. The molecule has 2 aromatic carbocycles. The number of carbonyl (C=O) groups excluding carboxylic acids is 2. The standard InChI is InChI=1S/C19H16ClN5O3/c20-12-6-7-13-15(9-12)28-10-14(18(26)21-13)22-19(27)17-23-16(24-25-17)8-11-4-2-1-3-5-11/h1-7,9,14H,8,10H2,(H,21,26)(H,22,27)(H,23,24,25)/t14-/m0/s1. The fourth-order valence-electron chi connectivity index (χ4n) is 2.78. The molecule has 0 spiro atoms. The zero-order valence-corrected chi connectivity index (χ0v) is 15.4. The van der Waals surface area contributed by atoms with E-state index in [1.165, 1.54) is 0 Å². The number of anilines is 1. The van der Waals surface area contributed by atoms with Gasteiger partial charge in [0.25, 0.3) is 11.8 Å². The van der Waals surface area contributed by atoms with Gasteiger partial charge in [0.2, 0.25) is 5.82 Å². The molecule has 4 rings (SSSR count). The zero-order valence-electron chi connectivity index (χ0n) is 14.6. The van der Waals surface area contributed by atoms with Gasteiger partial charge in [-0.2, -0.15) is 0 Å². The normalized spacial score (nSPS) is 15.8. The lowest BCUT2D eigenvalue weighted by Crippen LogP contribution is -2.46. The Morgan fingerprint density at radius 2 is 2.07 bits per heavy atom. The summed E-state index contributed by atoms with van der Waals surface area (Å²) in [5.41, 5.74) is 1.53. The highest BCUT2D eigenvalue weighted by Crippen LogP contribution is 2.30. The van der Waals surface area contributed by atoms with Crippen LogP contribution in [0.4, 0.5) is 5.69 Å². The Bertz CT molecular complexity index is 1020. The van der Waals surface area contributed by atoms with Crippen LogP contribution < -0.4 is 15.4 Å². The summed E-state index contributed by atoms with van der Waals surface area (Å²) in [4.78, 5) is 29.0. The van der Waals surface area contributed by atoms with Crippen LogP contribution in [0.25, 0.3) is 0 Å². The molecule has 0 radical (unpaired) electrons.